The minimum Gasteiger partial charge on any atom is -0.493 e. The van der Waals surface area contributed by atoms with E-state index in [1.54, 1.807) is 31.2 Å². The van der Waals surface area contributed by atoms with E-state index in [1.165, 1.54) is 11.3 Å². The summed E-state index contributed by atoms with van der Waals surface area (Å²) in [4.78, 5) is 16.8. The van der Waals surface area contributed by atoms with E-state index >= 15 is 0 Å². The fourth-order valence-electron chi connectivity index (χ4n) is 2.40. The fourth-order valence-corrected chi connectivity index (χ4v) is 3.11. The summed E-state index contributed by atoms with van der Waals surface area (Å²) in [7, 11) is 3.18. The van der Waals surface area contributed by atoms with Crippen LogP contribution in [-0.4, -0.2) is 34.9 Å². The number of thiazole rings is 1. The number of rotatable bonds is 6. The summed E-state index contributed by atoms with van der Waals surface area (Å²) in [5.74, 6) is 1.06. The molecule has 0 unspecified atom stereocenters. The zero-order valence-corrected chi connectivity index (χ0v) is 15.0. The summed E-state index contributed by atoms with van der Waals surface area (Å²) in [6, 6.07) is 7.26. The van der Waals surface area contributed by atoms with Gasteiger partial charge < -0.3 is 9.47 Å². The summed E-state index contributed by atoms with van der Waals surface area (Å²) in [6.45, 7) is 2.56. The van der Waals surface area contributed by atoms with Gasteiger partial charge in [0.25, 0.3) is 5.91 Å². The van der Waals surface area contributed by atoms with Crippen LogP contribution in [0.25, 0.3) is 11.3 Å². The molecule has 1 N–H and O–H groups in total. The van der Waals surface area contributed by atoms with E-state index in [0.717, 1.165) is 11.3 Å². The molecule has 0 atom stereocenters. The number of anilines is 1. The molecule has 3 aromatic rings. The summed E-state index contributed by atoms with van der Waals surface area (Å²) in [5, 5.41) is 9.32. The van der Waals surface area contributed by atoms with E-state index in [1.807, 2.05) is 30.5 Å². The van der Waals surface area contributed by atoms with Gasteiger partial charge in [-0.3, -0.25) is 14.8 Å². The Bertz CT molecular complexity index is 888. The second-order valence-corrected chi connectivity index (χ2v) is 5.95. The topological polar surface area (TPSA) is 78.3 Å². The number of ether oxygens (including phenoxy) is 2. The molecular formula is C17H18N4O3S. The molecular weight excluding hydrogens is 340 g/mol. The van der Waals surface area contributed by atoms with Crippen LogP contribution in [0.5, 0.6) is 11.5 Å². The number of methoxy groups -OCH3 is 2. The Morgan fingerprint density at radius 1 is 1.24 bits per heavy atom. The van der Waals surface area contributed by atoms with E-state index < -0.39 is 0 Å². The van der Waals surface area contributed by atoms with Gasteiger partial charge in [-0.2, -0.15) is 5.10 Å². The molecule has 0 bridgehead atoms. The second-order valence-electron chi connectivity index (χ2n) is 5.09. The van der Waals surface area contributed by atoms with Crippen LogP contribution in [0.15, 0.2) is 35.8 Å². The van der Waals surface area contributed by atoms with Gasteiger partial charge in [0.05, 0.1) is 19.9 Å². The molecule has 8 heteroatoms. The zero-order valence-electron chi connectivity index (χ0n) is 14.1. The number of aromatic nitrogens is 3. The normalized spacial score (nSPS) is 10.5. The molecule has 7 nitrogen and oxygen atoms in total. The highest BCUT2D eigenvalue weighted by Gasteiger charge is 2.14. The largest absolute Gasteiger partial charge is 0.493 e. The average molecular weight is 358 g/mol. The minimum absolute atomic E-state index is 0.229. The molecule has 130 valence electrons. The Hall–Kier alpha value is -2.87. The van der Waals surface area contributed by atoms with Crippen LogP contribution in [0.2, 0.25) is 0 Å². The molecule has 25 heavy (non-hydrogen) atoms. The van der Waals surface area contributed by atoms with Crippen molar-refractivity contribution in [1.29, 1.82) is 0 Å². The van der Waals surface area contributed by atoms with Gasteiger partial charge >= 0.3 is 0 Å². The Kier molecular flexibility index (Phi) is 4.99. The van der Waals surface area contributed by atoms with Crippen molar-refractivity contribution in [3.8, 4) is 22.8 Å². The Morgan fingerprint density at radius 3 is 2.76 bits per heavy atom. The standard InChI is InChI=1S/C17H18N4O3S/c1-4-21-13(7-8-18-21)16(22)20-17-19-12(10-25-17)11-5-6-14(23-2)15(9-11)24-3/h5-10H,4H2,1-3H3,(H,19,20,22). The van der Waals surface area contributed by atoms with Gasteiger partial charge in [-0.15, -0.1) is 11.3 Å². The van der Waals surface area contributed by atoms with Crippen molar-refractivity contribution in [1.82, 2.24) is 14.8 Å². The van der Waals surface area contributed by atoms with Gasteiger partial charge in [0.2, 0.25) is 0 Å². The zero-order chi connectivity index (χ0) is 17.8. The van der Waals surface area contributed by atoms with Crippen molar-refractivity contribution in [2.24, 2.45) is 0 Å². The number of nitrogens with zero attached hydrogens (tertiary/aromatic N) is 3. The number of nitrogens with one attached hydrogen (secondary N) is 1. The lowest BCUT2D eigenvalue weighted by Crippen LogP contribution is -2.17. The predicted octanol–water partition coefficient (Wildman–Crippen LogP) is 3.30. The van der Waals surface area contributed by atoms with Crippen molar-refractivity contribution in [2.45, 2.75) is 13.5 Å². The second kappa shape index (κ2) is 7.35. The maximum Gasteiger partial charge on any atom is 0.275 e. The van der Waals surface area contributed by atoms with Crippen LogP contribution in [0.4, 0.5) is 5.13 Å². The maximum atomic E-state index is 12.3. The van der Waals surface area contributed by atoms with E-state index in [9.17, 15) is 4.79 Å². The van der Waals surface area contributed by atoms with E-state index in [0.29, 0.717) is 28.9 Å². The highest BCUT2D eigenvalue weighted by Crippen LogP contribution is 2.33. The third-order valence-electron chi connectivity index (χ3n) is 3.65. The first-order valence-electron chi connectivity index (χ1n) is 7.67. The highest BCUT2D eigenvalue weighted by molar-refractivity contribution is 7.14. The van der Waals surface area contributed by atoms with Gasteiger partial charge in [0, 0.05) is 23.7 Å². The fraction of sp³-hybridized carbons (Fsp3) is 0.235. The molecule has 3 rings (SSSR count). The molecule has 0 aliphatic carbocycles. The third-order valence-corrected chi connectivity index (χ3v) is 4.41. The molecule has 2 aromatic heterocycles. The van der Waals surface area contributed by atoms with E-state index in [2.05, 4.69) is 15.4 Å². The molecule has 0 saturated heterocycles. The van der Waals surface area contributed by atoms with Gasteiger partial charge in [-0.1, -0.05) is 0 Å². The molecule has 0 saturated carbocycles. The number of amides is 1. The molecule has 0 fully saturated rings. The summed E-state index contributed by atoms with van der Waals surface area (Å²) >= 11 is 1.36. The summed E-state index contributed by atoms with van der Waals surface area (Å²) < 4.78 is 12.2. The van der Waals surface area contributed by atoms with Crippen LogP contribution < -0.4 is 14.8 Å². The molecule has 1 aromatic carbocycles. The smallest absolute Gasteiger partial charge is 0.275 e. The lowest BCUT2D eigenvalue weighted by Gasteiger charge is -2.08. The van der Waals surface area contributed by atoms with Gasteiger partial charge in [-0.25, -0.2) is 4.98 Å². The average Bonchev–Trinajstić information content (AvgIpc) is 3.30. The van der Waals surface area contributed by atoms with Crippen molar-refractivity contribution >= 4 is 22.4 Å². The number of carbonyl (C=O) groups is 1. The number of benzene rings is 1. The molecule has 0 aliphatic rings. The van der Waals surface area contributed by atoms with Crippen LogP contribution >= 0.6 is 11.3 Å². The predicted molar refractivity (Wildman–Crippen MR) is 96.5 cm³/mol. The highest BCUT2D eigenvalue weighted by atomic mass is 32.1. The number of carbonyl (C=O) groups excluding carboxylic acids is 1. The van der Waals surface area contributed by atoms with Crippen LogP contribution in [-0.2, 0) is 6.54 Å². The minimum atomic E-state index is -0.229. The van der Waals surface area contributed by atoms with Crippen molar-refractivity contribution < 1.29 is 14.3 Å². The van der Waals surface area contributed by atoms with E-state index in [-0.39, 0.29) is 5.91 Å². The molecule has 1 amide bonds. The number of hydrogen-bond acceptors (Lipinski definition) is 6. The van der Waals surface area contributed by atoms with E-state index in [4.69, 9.17) is 9.47 Å². The SMILES string of the molecule is CCn1nccc1C(=O)Nc1nc(-c2ccc(OC)c(OC)c2)cs1. The summed E-state index contributed by atoms with van der Waals surface area (Å²) in [6.07, 6.45) is 1.61. The van der Waals surface area contributed by atoms with Crippen LogP contribution in [0.3, 0.4) is 0 Å². The molecule has 0 aliphatic heterocycles. The Morgan fingerprint density at radius 2 is 2.04 bits per heavy atom. The first-order chi connectivity index (χ1) is 12.2. The summed E-state index contributed by atoms with van der Waals surface area (Å²) in [5.41, 5.74) is 2.14. The lowest BCUT2D eigenvalue weighted by atomic mass is 10.1. The monoisotopic (exact) mass is 358 g/mol. The lowest BCUT2D eigenvalue weighted by molar-refractivity contribution is 0.101. The first kappa shape index (κ1) is 17.0. The number of aryl methyl sites for hydroxylation is 1. The van der Waals surface area contributed by atoms with Gasteiger partial charge in [0.1, 0.15) is 5.69 Å². The van der Waals surface area contributed by atoms with Gasteiger partial charge in [0.15, 0.2) is 16.6 Å². The Labute approximate surface area is 149 Å². The number of hydrogen-bond donors (Lipinski definition) is 1. The van der Waals surface area contributed by atoms with Crippen molar-refractivity contribution in [2.75, 3.05) is 19.5 Å². The van der Waals surface area contributed by atoms with Crippen LogP contribution in [0.1, 0.15) is 17.4 Å². The maximum absolute atomic E-state index is 12.3. The van der Waals surface area contributed by atoms with Crippen molar-refractivity contribution in [3.05, 3.63) is 41.5 Å². The molecule has 0 radical (unpaired) electrons. The van der Waals surface area contributed by atoms with Gasteiger partial charge in [-0.05, 0) is 31.2 Å². The third kappa shape index (κ3) is 3.48. The quantitative estimate of drug-likeness (QED) is 0.731. The van der Waals surface area contributed by atoms with Crippen LogP contribution in [0, 0.1) is 0 Å². The molecule has 2 heterocycles. The van der Waals surface area contributed by atoms with Crippen molar-refractivity contribution in [3.63, 3.8) is 0 Å². The first-order valence-corrected chi connectivity index (χ1v) is 8.55. The molecule has 0 spiro atoms. The Balaban J connectivity index is 1.80.